The van der Waals surface area contributed by atoms with Gasteiger partial charge in [-0.3, -0.25) is 0 Å². The summed E-state index contributed by atoms with van der Waals surface area (Å²) in [4.78, 5) is 0. The largest absolute Gasteiger partial charge is 0.330 e. The van der Waals surface area contributed by atoms with Gasteiger partial charge in [-0.05, 0) is 61.3 Å². The Kier molecular flexibility index (Phi) is 4.00. The monoisotopic (exact) mass is 217 g/mol. The number of hydrogen-bond donors (Lipinski definition) is 1. The lowest BCUT2D eigenvalue weighted by Gasteiger charge is -2.25. The second kappa shape index (κ2) is 5.49. The molecule has 1 aromatic rings. The number of benzene rings is 1. The lowest BCUT2D eigenvalue weighted by Crippen LogP contribution is -2.14. The van der Waals surface area contributed by atoms with E-state index in [-0.39, 0.29) is 0 Å². The summed E-state index contributed by atoms with van der Waals surface area (Å²) in [6.45, 7) is 3.07. The first-order valence-corrected chi connectivity index (χ1v) is 6.67. The first kappa shape index (κ1) is 11.7. The molecule has 0 aromatic heterocycles. The predicted molar refractivity (Wildman–Crippen MR) is 69.8 cm³/mol. The molecule has 1 aliphatic rings. The van der Waals surface area contributed by atoms with Crippen LogP contribution in [0, 0.1) is 0 Å². The van der Waals surface area contributed by atoms with Crippen LogP contribution < -0.4 is 5.73 Å². The summed E-state index contributed by atoms with van der Waals surface area (Å²) in [6, 6.07) is 7.11. The van der Waals surface area contributed by atoms with Crippen LogP contribution in [0.3, 0.4) is 0 Å². The highest BCUT2D eigenvalue weighted by Crippen LogP contribution is 2.34. The quantitative estimate of drug-likeness (QED) is 0.821. The minimum Gasteiger partial charge on any atom is -0.330 e. The van der Waals surface area contributed by atoms with Crippen LogP contribution in [-0.4, -0.2) is 6.54 Å². The highest BCUT2D eigenvalue weighted by molar-refractivity contribution is 5.36. The first-order valence-electron chi connectivity index (χ1n) is 6.67. The smallest absolute Gasteiger partial charge is 0.00714 e. The van der Waals surface area contributed by atoms with Gasteiger partial charge in [-0.2, -0.15) is 0 Å². The van der Waals surface area contributed by atoms with Crippen LogP contribution in [0.4, 0.5) is 0 Å². The Hall–Kier alpha value is -0.820. The van der Waals surface area contributed by atoms with Gasteiger partial charge in [0.05, 0.1) is 0 Å². The van der Waals surface area contributed by atoms with Crippen molar-refractivity contribution in [3.05, 3.63) is 34.9 Å². The zero-order valence-electron chi connectivity index (χ0n) is 10.3. The van der Waals surface area contributed by atoms with Crippen molar-refractivity contribution in [2.45, 2.75) is 51.4 Å². The summed E-state index contributed by atoms with van der Waals surface area (Å²) in [5.74, 6) is 0.727. The topological polar surface area (TPSA) is 26.0 Å². The minimum atomic E-state index is 0.727. The van der Waals surface area contributed by atoms with Crippen LogP contribution in [0.2, 0.25) is 0 Å². The molecule has 0 heterocycles. The standard InChI is InChI=1S/C15H23N/c1-2-4-12-7-8-13-5-3-6-14(9-10-16)15(13)11-12/h7-8,11,14H,2-6,9-10,16H2,1H3. The number of rotatable bonds is 4. The third-order valence-electron chi connectivity index (χ3n) is 3.70. The molecule has 0 saturated heterocycles. The maximum atomic E-state index is 5.71. The molecule has 1 atom stereocenters. The van der Waals surface area contributed by atoms with E-state index < -0.39 is 0 Å². The first-order chi connectivity index (χ1) is 7.85. The van der Waals surface area contributed by atoms with E-state index in [0.717, 1.165) is 18.9 Å². The van der Waals surface area contributed by atoms with Gasteiger partial charge in [-0.25, -0.2) is 0 Å². The fraction of sp³-hybridized carbons (Fsp3) is 0.600. The molecule has 0 amide bonds. The molecule has 0 aliphatic heterocycles. The molecule has 1 heteroatoms. The number of fused-ring (bicyclic) bond motifs is 1. The molecular formula is C15H23N. The molecular weight excluding hydrogens is 194 g/mol. The van der Waals surface area contributed by atoms with Gasteiger partial charge in [-0.15, -0.1) is 0 Å². The van der Waals surface area contributed by atoms with E-state index in [2.05, 4.69) is 25.1 Å². The van der Waals surface area contributed by atoms with Crippen molar-refractivity contribution in [1.29, 1.82) is 0 Å². The van der Waals surface area contributed by atoms with Crippen molar-refractivity contribution in [2.75, 3.05) is 6.54 Å². The summed E-state index contributed by atoms with van der Waals surface area (Å²) >= 11 is 0. The Balaban J connectivity index is 2.25. The van der Waals surface area contributed by atoms with Gasteiger partial charge in [0.2, 0.25) is 0 Å². The Bertz CT molecular complexity index is 343. The van der Waals surface area contributed by atoms with Gasteiger partial charge < -0.3 is 5.73 Å². The molecule has 0 spiro atoms. The van der Waals surface area contributed by atoms with E-state index in [1.807, 2.05) is 0 Å². The molecule has 1 unspecified atom stereocenters. The van der Waals surface area contributed by atoms with Crippen molar-refractivity contribution in [1.82, 2.24) is 0 Å². The zero-order chi connectivity index (χ0) is 11.4. The van der Waals surface area contributed by atoms with Gasteiger partial charge in [0.25, 0.3) is 0 Å². The second-order valence-electron chi connectivity index (χ2n) is 4.95. The average molecular weight is 217 g/mol. The van der Waals surface area contributed by atoms with Crippen molar-refractivity contribution in [3.63, 3.8) is 0 Å². The van der Waals surface area contributed by atoms with E-state index >= 15 is 0 Å². The Morgan fingerprint density at radius 3 is 3.00 bits per heavy atom. The number of hydrogen-bond acceptors (Lipinski definition) is 1. The van der Waals surface area contributed by atoms with Gasteiger partial charge in [0.15, 0.2) is 0 Å². The highest BCUT2D eigenvalue weighted by Gasteiger charge is 2.19. The maximum Gasteiger partial charge on any atom is -0.00714 e. The molecule has 1 aliphatic carbocycles. The fourth-order valence-corrected chi connectivity index (χ4v) is 2.89. The highest BCUT2D eigenvalue weighted by atomic mass is 14.5. The summed E-state index contributed by atoms with van der Waals surface area (Å²) in [7, 11) is 0. The molecule has 0 radical (unpaired) electrons. The van der Waals surface area contributed by atoms with E-state index in [0.29, 0.717) is 0 Å². The molecule has 16 heavy (non-hydrogen) atoms. The summed E-state index contributed by atoms with van der Waals surface area (Å²) in [5, 5.41) is 0. The van der Waals surface area contributed by atoms with E-state index in [4.69, 9.17) is 5.73 Å². The Labute approximate surface area is 99.0 Å². The summed E-state index contributed by atoms with van der Waals surface area (Å²) in [6.07, 6.45) is 7.54. The van der Waals surface area contributed by atoms with E-state index in [1.54, 1.807) is 11.1 Å². The number of nitrogens with two attached hydrogens (primary N) is 1. The van der Waals surface area contributed by atoms with Crippen molar-refractivity contribution in [2.24, 2.45) is 5.73 Å². The average Bonchev–Trinajstić information content (AvgIpc) is 2.31. The van der Waals surface area contributed by atoms with Crippen LogP contribution >= 0.6 is 0 Å². The Morgan fingerprint density at radius 1 is 1.38 bits per heavy atom. The second-order valence-corrected chi connectivity index (χ2v) is 4.95. The Morgan fingerprint density at radius 2 is 2.25 bits per heavy atom. The zero-order valence-corrected chi connectivity index (χ0v) is 10.3. The van der Waals surface area contributed by atoms with Gasteiger partial charge in [0.1, 0.15) is 0 Å². The van der Waals surface area contributed by atoms with Crippen LogP contribution in [0.5, 0.6) is 0 Å². The summed E-state index contributed by atoms with van der Waals surface area (Å²) in [5.41, 5.74) is 10.4. The maximum absolute atomic E-state index is 5.71. The van der Waals surface area contributed by atoms with Crippen LogP contribution in [-0.2, 0) is 12.8 Å². The normalized spacial score (nSPS) is 19.5. The van der Waals surface area contributed by atoms with Gasteiger partial charge in [0, 0.05) is 0 Å². The lowest BCUT2D eigenvalue weighted by atomic mass is 9.80. The van der Waals surface area contributed by atoms with E-state index in [9.17, 15) is 0 Å². The molecule has 88 valence electrons. The van der Waals surface area contributed by atoms with Gasteiger partial charge >= 0.3 is 0 Å². The van der Waals surface area contributed by atoms with Crippen LogP contribution in [0.1, 0.15) is 55.2 Å². The molecule has 1 nitrogen and oxygen atoms in total. The van der Waals surface area contributed by atoms with Crippen molar-refractivity contribution >= 4 is 0 Å². The number of aryl methyl sites for hydroxylation is 2. The predicted octanol–water partition coefficient (Wildman–Crippen LogP) is 3.41. The van der Waals surface area contributed by atoms with Crippen LogP contribution in [0.25, 0.3) is 0 Å². The molecule has 0 saturated carbocycles. The molecule has 0 fully saturated rings. The van der Waals surface area contributed by atoms with Crippen molar-refractivity contribution in [3.8, 4) is 0 Å². The molecule has 2 rings (SSSR count). The molecule has 1 aromatic carbocycles. The van der Waals surface area contributed by atoms with Crippen LogP contribution in [0.15, 0.2) is 18.2 Å². The van der Waals surface area contributed by atoms with Gasteiger partial charge in [-0.1, -0.05) is 31.5 Å². The SMILES string of the molecule is CCCc1ccc2c(c1)C(CCN)CCC2. The third-order valence-corrected chi connectivity index (χ3v) is 3.70. The third kappa shape index (κ3) is 2.46. The van der Waals surface area contributed by atoms with Crippen molar-refractivity contribution < 1.29 is 0 Å². The molecule has 0 bridgehead atoms. The lowest BCUT2D eigenvalue weighted by molar-refractivity contribution is 0.525. The van der Waals surface area contributed by atoms with E-state index in [1.165, 1.54) is 37.7 Å². The minimum absolute atomic E-state index is 0.727. The fourth-order valence-electron chi connectivity index (χ4n) is 2.89. The summed E-state index contributed by atoms with van der Waals surface area (Å²) < 4.78 is 0. The molecule has 2 N–H and O–H groups in total.